The summed E-state index contributed by atoms with van der Waals surface area (Å²) in [5.74, 6) is -3.91. The number of likely N-dealkylation sites (tertiary alicyclic amines) is 1. The molecule has 2 aliphatic rings. The van der Waals surface area contributed by atoms with Gasteiger partial charge in [-0.05, 0) is 50.3 Å². The highest BCUT2D eigenvalue weighted by Gasteiger charge is 2.38. The number of hydrogen-bond acceptors (Lipinski definition) is 6. The lowest BCUT2D eigenvalue weighted by molar-refractivity contribution is -0.150. The number of H-pyrrole nitrogens is 1. The highest BCUT2D eigenvalue weighted by Crippen LogP contribution is 2.21. The average molecular weight is 528 g/mol. The van der Waals surface area contributed by atoms with Crippen molar-refractivity contribution in [2.75, 3.05) is 13.1 Å². The third kappa shape index (κ3) is 6.31. The van der Waals surface area contributed by atoms with E-state index < -0.39 is 54.3 Å². The largest absolute Gasteiger partial charge is 0.481 e. The maximum Gasteiger partial charge on any atom is 0.326 e. The van der Waals surface area contributed by atoms with Gasteiger partial charge in [0.2, 0.25) is 17.7 Å². The number of carbonyl (C=O) groups excluding carboxylic acids is 3. The van der Waals surface area contributed by atoms with E-state index in [4.69, 9.17) is 0 Å². The first-order chi connectivity index (χ1) is 18.2. The number of nitrogens with one attached hydrogen (secondary N) is 4. The van der Waals surface area contributed by atoms with Gasteiger partial charge in [-0.1, -0.05) is 18.2 Å². The molecular weight excluding hydrogens is 494 g/mol. The fraction of sp³-hybridized carbons (Fsp3) is 0.500. The van der Waals surface area contributed by atoms with Gasteiger partial charge in [0.1, 0.15) is 18.1 Å². The Bertz CT molecular complexity index is 1210. The van der Waals surface area contributed by atoms with E-state index >= 15 is 0 Å². The number of amides is 3. The normalized spacial score (nSPS) is 20.7. The molecule has 3 amide bonds. The second kappa shape index (κ2) is 12.1. The van der Waals surface area contributed by atoms with E-state index in [1.807, 2.05) is 24.3 Å². The van der Waals surface area contributed by atoms with E-state index in [-0.39, 0.29) is 31.7 Å². The van der Waals surface area contributed by atoms with E-state index in [0.29, 0.717) is 19.4 Å². The van der Waals surface area contributed by atoms with Crippen LogP contribution in [0.25, 0.3) is 10.9 Å². The summed E-state index contributed by atoms with van der Waals surface area (Å²) in [4.78, 5) is 67.0. The summed E-state index contributed by atoms with van der Waals surface area (Å²) in [7, 11) is 0. The van der Waals surface area contributed by atoms with E-state index in [1.54, 1.807) is 6.20 Å². The molecule has 12 nitrogen and oxygen atoms in total. The number of carboxylic acids is 2. The predicted molar refractivity (Wildman–Crippen MR) is 136 cm³/mol. The molecule has 1 aromatic heterocycles. The Morgan fingerprint density at radius 3 is 2.53 bits per heavy atom. The van der Waals surface area contributed by atoms with Gasteiger partial charge in [0.05, 0.1) is 6.04 Å². The van der Waals surface area contributed by atoms with Crippen molar-refractivity contribution >= 4 is 40.6 Å². The summed E-state index contributed by atoms with van der Waals surface area (Å²) in [6, 6.07) is 3.79. The molecular formula is C26H33N5O7. The second-order valence-corrected chi connectivity index (χ2v) is 9.80. The Kier molecular flexibility index (Phi) is 8.62. The minimum Gasteiger partial charge on any atom is -0.481 e. The molecule has 2 aromatic rings. The van der Waals surface area contributed by atoms with E-state index in [1.165, 1.54) is 4.90 Å². The second-order valence-electron chi connectivity index (χ2n) is 9.80. The zero-order valence-corrected chi connectivity index (χ0v) is 20.9. The zero-order valence-electron chi connectivity index (χ0n) is 20.9. The quantitative estimate of drug-likeness (QED) is 0.242. The Labute approximate surface area is 219 Å². The number of hydrogen-bond donors (Lipinski definition) is 6. The molecule has 2 fully saturated rings. The minimum atomic E-state index is -1.24. The van der Waals surface area contributed by atoms with Crippen LogP contribution in [0.15, 0.2) is 30.5 Å². The van der Waals surface area contributed by atoms with Crippen molar-refractivity contribution in [3.8, 4) is 0 Å². The first-order valence-corrected chi connectivity index (χ1v) is 12.9. The van der Waals surface area contributed by atoms with Crippen LogP contribution in [0.1, 0.15) is 44.1 Å². The number of carboxylic acid groups (broad SMARTS) is 2. The van der Waals surface area contributed by atoms with Crippen LogP contribution >= 0.6 is 0 Å². The topological polar surface area (TPSA) is 181 Å². The maximum absolute atomic E-state index is 13.6. The van der Waals surface area contributed by atoms with Crippen LogP contribution in [0, 0.1) is 0 Å². The molecule has 1 aromatic carbocycles. The number of fused-ring (bicyclic) bond motifs is 1. The summed E-state index contributed by atoms with van der Waals surface area (Å²) < 4.78 is 0. The van der Waals surface area contributed by atoms with Gasteiger partial charge in [-0.3, -0.25) is 19.2 Å². The molecule has 4 rings (SSSR count). The molecule has 0 spiro atoms. The van der Waals surface area contributed by atoms with Crippen LogP contribution in [-0.2, 0) is 30.4 Å². The molecule has 4 atom stereocenters. The molecule has 12 heteroatoms. The molecule has 2 saturated heterocycles. The van der Waals surface area contributed by atoms with Crippen molar-refractivity contribution in [1.29, 1.82) is 0 Å². The van der Waals surface area contributed by atoms with E-state index in [0.717, 1.165) is 22.9 Å². The molecule has 0 bridgehead atoms. The Hall–Kier alpha value is -3.93. The molecule has 38 heavy (non-hydrogen) atoms. The Balaban J connectivity index is 1.56. The lowest BCUT2D eigenvalue weighted by Gasteiger charge is -2.29. The van der Waals surface area contributed by atoms with E-state index in [9.17, 15) is 34.2 Å². The van der Waals surface area contributed by atoms with E-state index in [2.05, 4.69) is 20.9 Å². The summed E-state index contributed by atoms with van der Waals surface area (Å²) in [5.41, 5.74) is 1.66. The molecule has 3 heterocycles. The zero-order chi connectivity index (χ0) is 27.2. The van der Waals surface area contributed by atoms with Crippen molar-refractivity contribution in [2.24, 2.45) is 0 Å². The van der Waals surface area contributed by atoms with Crippen LogP contribution in [0.2, 0.25) is 0 Å². The Morgan fingerprint density at radius 1 is 1.03 bits per heavy atom. The number of carbonyl (C=O) groups is 5. The molecule has 0 radical (unpaired) electrons. The van der Waals surface area contributed by atoms with Crippen LogP contribution in [0.3, 0.4) is 0 Å². The van der Waals surface area contributed by atoms with Gasteiger partial charge < -0.3 is 36.0 Å². The van der Waals surface area contributed by atoms with Crippen molar-refractivity contribution in [1.82, 2.24) is 25.8 Å². The number of benzene rings is 1. The summed E-state index contributed by atoms with van der Waals surface area (Å²) >= 11 is 0. The third-order valence-electron chi connectivity index (χ3n) is 7.19. The lowest BCUT2D eigenvalue weighted by atomic mass is 10.0. The number of rotatable bonds is 11. The number of nitrogens with zero attached hydrogens (tertiary/aromatic N) is 1. The van der Waals surface area contributed by atoms with Gasteiger partial charge in [0.25, 0.3) is 0 Å². The number of para-hydroxylation sites is 1. The lowest BCUT2D eigenvalue weighted by Crippen LogP contribution is -2.57. The van der Waals surface area contributed by atoms with Gasteiger partial charge >= 0.3 is 11.9 Å². The van der Waals surface area contributed by atoms with Crippen molar-refractivity contribution in [3.63, 3.8) is 0 Å². The third-order valence-corrected chi connectivity index (χ3v) is 7.19. The Morgan fingerprint density at radius 2 is 1.82 bits per heavy atom. The molecule has 4 unspecified atom stereocenters. The smallest absolute Gasteiger partial charge is 0.326 e. The van der Waals surface area contributed by atoms with Crippen molar-refractivity contribution < 1.29 is 34.2 Å². The first-order valence-electron chi connectivity index (χ1n) is 12.9. The fourth-order valence-electron chi connectivity index (χ4n) is 5.20. The minimum absolute atomic E-state index is 0.135. The average Bonchev–Trinajstić information content (AvgIpc) is 3.66. The van der Waals surface area contributed by atoms with Gasteiger partial charge in [-0.15, -0.1) is 0 Å². The predicted octanol–water partition coefficient (Wildman–Crippen LogP) is 0.372. The molecule has 2 aliphatic heterocycles. The summed E-state index contributed by atoms with van der Waals surface area (Å²) in [6.45, 7) is 0.905. The number of aromatic nitrogens is 1. The van der Waals surface area contributed by atoms with Crippen LogP contribution in [0.5, 0.6) is 0 Å². The monoisotopic (exact) mass is 527 g/mol. The van der Waals surface area contributed by atoms with Crippen LogP contribution in [0.4, 0.5) is 0 Å². The van der Waals surface area contributed by atoms with Gasteiger partial charge in [0.15, 0.2) is 0 Å². The van der Waals surface area contributed by atoms with Gasteiger partial charge in [-0.25, -0.2) is 4.79 Å². The molecule has 0 saturated carbocycles. The SMILES string of the molecule is O=C(O)CCC(NC(=O)C(Cc1c[nH]c2ccccc12)NC(=O)C1CCCN1)C(=O)N1CCCC1C(=O)O. The number of aromatic amines is 1. The number of aliphatic carboxylic acids is 2. The molecule has 0 aliphatic carbocycles. The highest BCUT2D eigenvalue weighted by atomic mass is 16.4. The highest BCUT2D eigenvalue weighted by molar-refractivity contribution is 5.95. The maximum atomic E-state index is 13.6. The van der Waals surface area contributed by atoms with Crippen molar-refractivity contribution in [2.45, 2.75) is 69.1 Å². The van der Waals surface area contributed by atoms with Crippen LogP contribution < -0.4 is 16.0 Å². The summed E-state index contributed by atoms with van der Waals surface area (Å²) in [5, 5.41) is 28.1. The molecule has 6 N–H and O–H groups in total. The van der Waals surface area contributed by atoms with Crippen LogP contribution in [-0.4, -0.2) is 87.0 Å². The van der Waals surface area contributed by atoms with Gasteiger partial charge in [0, 0.05) is 36.5 Å². The first kappa shape index (κ1) is 27.1. The molecule has 204 valence electrons. The fourth-order valence-corrected chi connectivity index (χ4v) is 5.20. The standard InChI is InChI=1S/C26H33N5O7/c32-22(33)10-9-19(25(36)31-12-4-8-21(31)26(37)38)29-24(35)20(30-23(34)18-7-3-11-27-18)13-15-14-28-17-6-2-1-5-16(15)17/h1-2,5-6,14,18-21,27-28H,3-4,7-13H2,(H,29,35)(H,30,34)(H,32,33)(H,37,38). The van der Waals surface area contributed by atoms with Gasteiger partial charge in [-0.2, -0.15) is 0 Å². The van der Waals surface area contributed by atoms with Crippen molar-refractivity contribution in [3.05, 3.63) is 36.0 Å². The summed E-state index contributed by atoms with van der Waals surface area (Å²) in [6.07, 6.45) is 3.55.